The van der Waals surface area contributed by atoms with Gasteiger partial charge < -0.3 is 28.8 Å². The Hall–Kier alpha value is -3.68. The van der Waals surface area contributed by atoms with Gasteiger partial charge in [-0.3, -0.25) is 9.59 Å². The Balaban J connectivity index is 2.00. The Kier molecular flexibility index (Phi) is 7.25. The Bertz CT molecular complexity index is 1030. The number of hydrogen-bond donors (Lipinski definition) is 1. The van der Waals surface area contributed by atoms with Crippen LogP contribution in [0.25, 0.3) is 6.08 Å². The molecule has 0 saturated carbocycles. The summed E-state index contributed by atoms with van der Waals surface area (Å²) in [6.07, 6.45) is 3.04. The van der Waals surface area contributed by atoms with Crippen LogP contribution < -0.4 is 14.2 Å². The smallest absolute Gasteiger partial charge is 0.302 e. The summed E-state index contributed by atoms with van der Waals surface area (Å²) in [5, 5.41) is 9.95. The van der Waals surface area contributed by atoms with Crippen molar-refractivity contribution in [1.29, 1.82) is 0 Å². The number of carbonyl (C=O) groups is 2. The van der Waals surface area contributed by atoms with E-state index in [4.69, 9.17) is 23.7 Å². The molecule has 2 atom stereocenters. The summed E-state index contributed by atoms with van der Waals surface area (Å²) in [4.78, 5) is 22.5. The quantitative estimate of drug-likeness (QED) is 0.617. The van der Waals surface area contributed by atoms with Crippen molar-refractivity contribution in [2.45, 2.75) is 25.9 Å². The van der Waals surface area contributed by atoms with Gasteiger partial charge in [0.2, 0.25) is 0 Å². The first-order valence-electron chi connectivity index (χ1n) is 10.0. The van der Waals surface area contributed by atoms with Crippen molar-refractivity contribution in [2.75, 3.05) is 27.4 Å². The second kappa shape index (κ2) is 10.1. The van der Waals surface area contributed by atoms with Gasteiger partial charge in [-0.25, -0.2) is 0 Å². The molecular formula is C24H26O8. The van der Waals surface area contributed by atoms with Crippen LogP contribution in [-0.2, 0) is 19.1 Å². The van der Waals surface area contributed by atoms with E-state index in [0.29, 0.717) is 17.2 Å². The van der Waals surface area contributed by atoms with Crippen molar-refractivity contribution in [3.05, 3.63) is 53.1 Å². The van der Waals surface area contributed by atoms with Crippen LogP contribution in [0.15, 0.2) is 36.4 Å². The Morgan fingerprint density at radius 3 is 2.41 bits per heavy atom. The second-order valence-corrected chi connectivity index (χ2v) is 7.23. The lowest BCUT2D eigenvalue weighted by atomic mass is 9.90. The average Bonchev–Trinajstić information content (AvgIpc) is 3.13. The molecular weight excluding hydrogens is 416 g/mol. The van der Waals surface area contributed by atoms with E-state index in [1.807, 2.05) is 18.2 Å². The zero-order chi connectivity index (χ0) is 23.3. The largest absolute Gasteiger partial charge is 0.504 e. The van der Waals surface area contributed by atoms with Crippen molar-refractivity contribution >= 4 is 18.0 Å². The molecule has 8 heteroatoms. The van der Waals surface area contributed by atoms with E-state index < -0.39 is 12.1 Å². The second-order valence-electron chi connectivity index (χ2n) is 7.23. The van der Waals surface area contributed by atoms with Gasteiger partial charge in [-0.15, -0.1) is 0 Å². The van der Waals surface area contributed by atoms with E-state index in [9.17, 15) is 14.7 Å². The van der Waals surface area contributed by atoms with Gasteiger partial charge >= 0.3 is 11.9 Å². The predicted octanol–water partition coefficient (Wildman–Crippen LogP) is 3.77. The number of phenols is 1. The fourth-order valence-corrected chi connectivity index (χ4v) is 3.57. The Morgan fingerprint density at radius 2 is 1.75 bits per heavy atom. The summed E-state index contributed by atoms with van der Waals surface area (Å²) >= 11 is 0. The predicted molar refractivity (Wildman–Crippen MR) is 116 cm³/mol. The number of carbonyl (C=O) groups excluding carboxylic acids is 2. The molecule has 0 fully saturated rings. The van der Waals surface area contributed by atoms with E-state index >= 15 is 0 Å². The molecule has 32 heavy (non-hydrogen) atoms. The molecule has 0 spiro atoms. The lowest BCUT2D eigenvalue weighted by molar-refractivity contribution is -0.142. The molecule has 0 bridgehead atoms. The number of esters is 2. The van der Waals surface area contributed by atoms with E-state index in [-0.39, 0.29) is 30.9 Å². The van der Waals surface area contributed by atoms with Crippen molar-refractivity contribution in [3.63, 3.8) is 0 Å². The van der Waals surface area contributed by atoms with Crippen LogP contribution in [0.1, 0.15) is 42.6 Å². The Morgan fingerprint density at radius 1 is 1.03 bits per heavy atom. The highest BCUT2D eigenvalue weighted by Crippen LogP contribution is 2.51. The number of fused-ring (bicyclic) bond motifs is 1. The zero-order valence-electron chi connectivity index (χ0n) is 18.4. The van der Waals surface area contributed by atoms with Gasteiger partial charge in [0, 0.05) is 19.4 Å². The van der Waals surface area contributed by atoms with Gasteiger partial charge in [0.15, 0.2) is 23.0 Å². The van der Waals surface area contributed by atoms with Gasteiger partial charge in [0.1, 0.15) is 19.3 Å². The maximum atomic E-state index is 11.5. The van der Waals surface area contributed by atoms with E-state index in [1.54, 1.807) is 25.3 Å². The van der Waals surface area contributed by atoms with Crippen LogP contribution in [0, 0.1) is 0 Å². The summed E-state index contributed by atoms with van der Waals surface area (Å²) in [7, 11) is 3.01. The van der Waals surface area contributed by atoms with Gasteiger partial charge in [-0.2, -0.15) is 0 Å². The first-order valence-corrected chi connectivity index (χ1v) is 10.0. The highest BCUT2D eigenvalue weighted by molar-refractivity contribution is 5.67. The van der Waals surface area contributed by atoms with Gasteiger partial charge in [0.05, 0.1) is 20.1 Å². The standard InChI is InChI=1S/C24H26O8/c1-14(25)30-9-5-6-16-10-18-19(13-31-15(2)26)23(32-24(18)22(11-16)29-4)17-7-8-20(27)21(12-17)28-3/h5-8,10-12,19,23,27H,9,13H2,1-4H3/t19-,23+/m0/s1. The third kappa shape index (κ3) is 5.14. The maximum Gasteiger partial charge on any atom is 0.302 e. The molecule has 2 aromatic rings. The van der Waals surface area contributed by atoms with Crippen LogP contribution in [0.3, 0.4) is 0 Å². The highest BCUT2D eigenvalue weighted by atomic mass is 16.5. The van der Waals surface area contributed by atoms with Gasteiger partial charge in [-0.1, -0.05) is 12.1 Å². The number of rotatable bonds is 8. The molecule has 1 heterocycles. The molecule has 0 saturated heterocycles. The molecule has 8 nitrogen and oxygen atoms in total. The highest BCUT2D eigenvalue weighted by Gasteiger charge is 2.39. The summed E-state index contributed by atoms with van der Waals surface area (Å²) in [5.41, 5.74) is 2.38. The number of hydrogen-bond acceptors (Lipinski definition) is 8. The summed E-state index contributed by atoms with van der Waals surface area (Å²) < 4.78 is 27.3. The number of phenolic OH excluding ortho intramolecular Hbond substituents is 1. The van der Waals surface area contributed by atoms with Crippen LogP contribution in [0.5, 0.6) is 23.0 Å². The molecule has 0 aromatic heterocycles. The lowest BCUT2D eigenvalue weighted by Crippen LogP contribution is -2.17. The monoisotopic (exact) mass is 442 g/mol. The van der Waals surface area contributed by atoms with E-state index in [2.05, 4.69) is 0 Å². The summed E-state index contributed by atoms with van der Waals surface area (Å²) in [6, 6.07) is 8.70. The van der Waals surface area contributed by atoms with E-state index in [0.717, 1.165) is 16.7 Å². The Labute approximate surface area is 186 Å². The van der Waals surface area contributed by atoms with Gasteiger partial charge in [-0.05, 0) is 41.5 Å². The van der Waals surface area contributed by atoms with Crippen molar-refractivity contribution < 1.29 is 38.4 Å². The number of aromatic hydroxyl groups is 1. The third-order valence-electron chi connectivity index (χ3n) is 5.03. The first-order chi connectivity index (χ1) is 15.3. The molecule has 2 aromatic carbocycles. The molecule has 1 N–H and O–H groups in total. The third-order valence-corrected chi connectivity index (χ3v) is 5.03. The average molecular weight is 442 g/mol. The number of ether oxygens (including phenoxy) is 5. The van der Waals surface area contributed by atoms with Crippen LogP contribution >= 0.6 is 0 Å². The first kappa shape index (κ1) is 23.0. The fourth-order valence-electron chi connectivity index (χ4n) is 3.57. The molecule has 0 radical (unpaired) electrons. The van der Waals surface area contributed by atoms with Crippen LogP contribution in [-0.4, -0.2) is 44.5 Å². The van der Waals surface area contributed by atoms with Crippen LogP contribution in [0.4, 0.5) is 0 Å². The molecule has 3 rings (SSSR count). The molecule has 170 valence electrons. The minimum Gasteiger partial charge on any atom is -0.504 e. The van der Waals surface area contributed by atoms with Crippen LogP contribution in [0.2, 0.25) is 0 Å². The number of benzene rings is 2. The van der Waals surface area contributed by atoms with Crippen molar-refractivity contribution in [3.8, 4) is 23.0 Å². The molecule has 0 aliphatic carbocycles. The van der Waals surface area contributed by atoms with Crippen molar-refractivity contribution in [2.24, 2.45) is 0 Å². The molecule has 1 aliphatic heterocycles. The summed E-state index contributed by atoms with van der Waals surface area (Å²) in [5.74, 6) is 0.330. The minimum atomic E-state index is -0.493. The fraction of sp³-hybridized carbons (Fsp3) is 0.333. The zero-order valence-corrected chi connectivity index (χ0v) is 18.4. The normalized spacial score (nSPS) is 16.9. The molecule has 0 unspecified atom stereocenters. The van der Waals surface area contributed by atoms with Gasteiger partial charge in [0.25, 0.3) is 0 Å². The maximum absolute atomic E-state index is 11.5. The topological polar surface area (TPSA) is 101 Å². The molecule has 0 amide bonds. The number of methoxy groups -OCH3 is 2. The summed E-state index contributed by atoms with van der Waals surface area (Å²) in [6.45, 7) is 2.95. The lowest BCUT2D eigenvalue weighted by Gasteiger charge is -2.20. The van der Waals surface area contributed by atoms with E-state index in [1.165, 1.54) is 27.0 Å². The molecule has 1 aliphatic rings. The SMILES string of the molecule is COc1cc([C@H]2Oc3c(OC)cc(C=CCOC(C)=O)cc3[C@@H]2COC(C)=O)ccc1O. The van der Waals surface area contributed by atoms with Crippen molar-refractivity contribution in [1.82, 2.24) is 0 Å². The minimum absolute atomic E-state index is 0.0149.